The first-order chi connectivity index (χ1) is 8.22. The van der Waals surface area contributed by atoms with Gasteiger partial charge in [0, 0.05) is 12.1 Å². The number of unbranched alkanes of at least 4 members (excludes halogenated alkanes) is 2. The zero-order chi connectivity index (χ0) is 12.5. The van der Waals surface area contributed by atoms with Gasteiger partial charge in [0.15, 0.2) is 0 Å². The first-order valence-corrected chi connectivity index (χ1v) is 6.22. The molecule has 0 amide bonds. The number of rotatable bonds is 7. The van der Waals surface area contributed by atoms with Crippen LogP contribution in [0, 0.1) is 0 Å². The van der Waals surface area contributed by atoms with Crippen molar-refractivity contribution in [3.8, 4) is 0 Å². The summed E-state index contributed by atoms with van der Waals surface area (Å²) in [7, 11) is 0. The lowest BCUT2D eigenvalue weighted by atomic mass is 10.1. The molecule has 3 nitrogen and oxygen atoms in total. The van der Waals surface area contributed by atoms with Gasteiger partial charge in [-0.05, 0) is 43.9 Å². The molecular formula is C14H21NO2. The maximum atomic E-state index is 11.1. The van der Waals surface area contributed by atoms with E-state index < -0.39 is 0 Å². The van der Waals surface area contributed by atoms with Crippen LogP contribution < -0.4 is 5.73 Å². The largest absolute Gasteiger partial charge is 0.466 e. The highest BCUT2D eigenvalue weighted by molar-refractivity contribution is 5.69. The first kappa shape index (κ1) is 13.6. The van der Waals surface area contributed by atoms with Crippen LogP contribution in [0.4, 0.5) is 5.69 Å². The van der Waals surface area contributed by atoms with E-state index in [0.717, 1.165) is 31.4 Å². The molecule has 94 valence electrons. The van der Waals surface area contributed by atoms with Gasteiger partial charge in [0.05, 0.1) is 6.61 Å². The number of benzene rings is 1. The summed E-state index contributed by atoms with van der Waals surface area (Å²) < 4.78 is 4.87. The highest BCUT2D eigenvalue weighted by atomic mass is 16.5. The predicted molar refractivity (Wildman–Crippen MR) is 69.7 cm³/mol. The molecular weight excluding hydrogens is 214 g/mol. The van der Waals surface area contributed by atoms with E-state index in [2.05, 4.69) is 6.07 Å². The number of esters is 1. The minimum atomic E-state index is -0.0866. The number of carbonyl (C=O) groups is 1. The molecule has 1 rings (SSSR count). The highest BCUT2D eigenvalue weighted by Crippen LogP contribution is 2.11. The summed E-state index contributed by atoms with van der Waals surface area (Å²) in [6.45, 7) is 2.31. The lowest BCUT2D eigenvalue weighted by molar-refractivity contribution is -0.143. The second-order valence-corrected chi connectivity index (χ2v) is 4.11. The number of hydrogen-bond acceptors (Lipinski definition) is 3. The van der Waals surface area contributed by atoms with E-state index in [1.54, 1.807) is 0 Å². The van der Waals surface area contributed by atoms with Crippen molar-refractivity contribution in [2.75, 3.05) is 12.3 Å². The fourth-order valence-corrected chi connectivity index (χ4v) is 1.76. The lowest BCUT2D eigenvalue weighted by Crippen LogP contribution is -2.03. The zero-order valence-electron chi connectivity index (χ0n) is 10.4. The van der Waals surface area contributed by atoms with E-state index in [1.165, 1.54) is 5.56 Å². The van der Waals surface area contributed by atoms with Gasteiger partial charge in [-0.25, -0.2) is 0 Å². The summed E-state index contributed by atoms with van der Waals surface area (Å²) in [4.78, 5) is 11.1. The van der Waals surface area contributed by atoms with E-state index in [-0.39, 0.29) is 5.97 Å². The summed E-state index contributed by atoms with van der Waals surface area (Å²) in [5.74, 6) is -0.0866. The number of carbonyl (C=O) groups excluding carboxylic acids is 1. The molecule has 1 aromatic rings. The Hall–Kier alpha value is -1.51. The number of ether oxygens (including phenoxy) is 1. The lowest BCUT2D eigenvalue weighted by Gasteiger charge is -2.03. The van der Waals surface area contributed by atoms with Gasteiger partial charge in [0.1, 0.15) is 0 Å². The third-order valence-electron chi connectivity index (χ3n) is 2.60. The van der Waals surface area contributed by atoms with E-state index in [4.69, 9.17) is 10.5 Å². The molecule has 0 aliphatic carbocycles. The van der Waals surface area contributed by atoms with Crippen LogP contribution >= 0.6 is 0 Å². The fraction of sp³-hybridized carbons (Fsp3) is 0.500. The molecule has 0 heterocycles. The van der Waals surface area contributed by atoms with Crippen LogP contribution in [0.25, 0.3) is 0 Å². The van der Waals surface area contributed by atoms with Crippen molar-refractivity contribution in [2.24, 2.45) is 0 Å². The molecule has 17 heavy (non-hydrogen) atoms. The van der Waals surface area contributed by atoms with Crippen molar-refractivity contribution in [2.45, 2.75) is 39.0 Å². The van der Waals surface area contributed by atoms with Gasteiger partial charge >= 0.3 is 5.97 Å². The quantitative estimate of drug-likeness (QED) is 0.449. The molecule has 0 aromatic heterocycles. The normalized spacial score (nSPS) is 10.2. The van der Waals surface area contributed by atoms with Gasteiger partial charge in [0.25, 0.3) is 0 Å². The summed E-state index contributed by atoms with van der Waals surface area (Å²) in [6, 6.07) is 7.96. The average molecular weight is 235 g/mol. The molecule has 0 saturated carbocycles. The summed E-state index contributed by atoms with van der Waals surface area (Å²) >= 11 is 0. The second-order valence-electron chi connectivity index (χ2n) is 4.11. The molecule has 0 spiro atoms. The van der Waals surface area contributed by atoms with Crippen LogP contribution in [0.3, 0.4) is 0 Å². The minimum Gasteiger partial charge on any atom is -0.466 e. The third kappa shape index (κ3) is 5.95. The molecule has 0 bridgehead atoms. The molecule has 2 N–H and O–H groups in total. The Labute approximate surface area is 103 Å². The van der Waals surface area contributed by atoms with Crippen LogP contribution in [-0.2, 0) is 16.0 Å². The summed E-state index contributed by atoms with van der Waals surface area (Å²) in [5.41, 5.74) is 7.78. The highest BCUT2D eigenvalue weighted by Gasteiger charge is 2.01. The average Bonchev–Trinajstić information content (AvgIpc) is 2.29. The van der Waals surface area contributed by atoms with Crippen LogP contribution in [0.5, 0.6) is 0 Å². The molecule has 0 fully saturated rings. The molecule has 0 radical (unpaired) electrons. The van der Waals surface area contributed by atoms with Gasteiger partial charge < -0.3 is 10.5 Å². The molecule has 0 unspecified atom stereocenters. The smallest absolute Gasteiger partial charge is 0.305 e. The van der Waals surface area contributed by atoms with Gasteiger partial charge in [-0.3, -0.25) is 4.79 Å². The van der Waals surface area contributed by atoms with Crippen LogP contribution in [0.1, 0.15) is 38.2 Å². The number of nitrogens with two attached hydrogens (primary N) is 1. The van der Waals surface area contributed by atoms with Crippen molar-refractivity contribution in [1.29, 1.82) is 0 Å². The molecule has 0 aliphatic heterocycles. The van der Waals surface area contributed by atoms with Crippen LogP contribution in [0.2, 0.25) is 0 Å². The van der Waals surface area contributed by atoms with Gasteiger partial charge in [-0.15, -0.1) is 0 Å². The number of anilines is 1. The van der Waals surface area contributed by atoms with Crippen molar-refractivity contribution in [1.82, 2.24) is 0 Å². The molecule has 3 heteroatoms. The molecule has 0 atom stereocenters. The van der Waals surface area contributed by atoms with E-state index in [1.807, 2.05) is 25.1 Å². The molecule has 0 aliphatic rings. The summed E-state index contributed by atoms with van der Waals surface area (Å²) in [5, 5.41) is 0. The van der Waals surface area contributed by atoms with Crippen molar-refractivity contribution in [3.05, 3.63) is 29.8 Å². The predicted octanol–water partition coefficient (Wildman–Crippen LogP) is 2.93. The van der Waals surface area contributed by atoms with Gasteiger partial charge in [-0.2, -0.15) is 0 Å². The second kappa shape index (κ2) is 7.71. The zero-order valence-corrected chi connectivity index (χ0v) is 10.4. The summed E-state index contributed by atoms with van der Waals surface area (Å²) in [6.07, 6.45) is 4.59. The van der Waals surface area contributed by atoms with Crippen molar-refractivity contribution in [3.63, 3.8) is 0 Å². The maximum absolute atomic E-state index is 11.1. The van der Waals surface area contributed by atoms with Crippen molar-refractivity contribution < 1.29 is 9.53 Å². The SMILES string of the molecule is CCOC(=O)CCCCCc1cccc(N)c1. The number of hydrogen-bond donors (Lipinski definition) is 1. The Balaban J connectivity index is 2.10. The Morgan fingerprint density at radius 1 is 1.29 bits per heavy atom. The number of aryl methyl sites for hydroxylation is 1. The maximum Gasteiger partial charge on any atom is 0.305 e. The minimum absolute atomic E-state index is 0.0866. The topological polar surface area (TPSA) is 52.3 Å². The number of nitrogen functional groups attached to an aromatic ring is 1. The molecule has 1 aromatic carbocycles. The monoisotopic (exact) mass is 235 g/mol. The van der Waals surface area contributed by atoms with Gasteiger partial charge in [-0.1, -0.05) is 18.6 Å². The third-order valence-corrected chi connectivity index (χ3v) is 2.60. The Kier molecular flexibility index (Phi) is 6.15. The standard InChI is InChI=1S/C14H21NO2/c1-2-17-14(16)10-5-3-4-7-12-8-6-9-13(15)11-12/h6,8-9,11H,2-5,7,10,15H2,1H3. The van der Waals surface area contributed by atoms with E-state index >= 15 is 0 Å². The Bertz CT molecular complexity index is 350. The molecule has 0 saturated heterocycles. The van der Waals surface area contributed by atoms with Gasteiger partial charge in [0.2, 0.25) is 0 Å². The first-order valence-electron chi connectivity index (χ1n) is 6.22. The van der Waals surface area contributed by atoms with Crippen molar-refractivity contribution >= 4 is 11.7 Å². The Morgan fingerprint density at radius 3 is 2.82 bits per heavy atom. The van der Waals surface area contributed by atoms with E-state index in [9.17, 15) is 4.79 Å². The van der Waals surface area contributed by atoms with Crippen LogP contribution in [-0.4, -0.2) is 12.6 Å². The fourth-order valence-electron chi connectivity index (χ4n) is 1.76. The van der Waals surface area contributed by atoms with E-state index in [0.29, 0.717) is 13.0 Å². The Morgan fingerprint density at radius 2 is 2.12 bits per heavy atom. The van der Waals surface area contributed by atoms with Crippen LogP contribution in [0.15, 0.2) is 24.3 Å².